The van der Waals surface area contributed by atoms with Gasteiger partial charge in [-0.15, -0.1) is 0 Å². The summed E-state index contributed by atoms with van der Waals surface area (Å²) >= 11 is 0. The van der Waals surface area contributed by atoms with Crippen molar-refractivity contribution in [1.82, 2.24) is 4.98 Å². The minimum atomic E-state index is -0.584. The van der Waals surface area contributed by atoms with Gasteiger partial charge in [0.05, 0.1) is 5.41 Å². The second kappa shape index (κ2) is 5.13. The summed E-state index contributed by atoms with van der Waals surface area (Å²) in [5.74, 6) is 0.0728. The zero-order valence-corrected chi connectivity index (χ0v) is 12.2. The largest absolute Gasteiger partial charge is 0.368 e. The molecule has 1 aliphatic heterocycles. The van der Waals surface area contributed by atoms with Crippen molar-refractivity contribution in [3.63, 3.8) is 0 Å². The quantitative estimate of drug-likeness (QED) is 0.899. The van der Waals surface area contributed by atoms with Crippen molar-refractivity contribution >= 4 is 17.6 Å². The first kappa shape index (κ1) is 14.0. The summed E-state index contributed by atoms with van der Waals surface area (Å²) in [6.45, 7) is 1.94. The van der Waals surface area contributed by atoms with Gasteiger partial charge in [0.25, 0.3) is 0 Å². The zero-order chi connectivity index (χ0) is 15.0. The van der Waals surface area contributed by atoms with Crippen molar-refractivity contribution < 1.29 is 9.59 Å². The first-order valence-corrected chi connectivity index (χ1v) is 7.41. The van der Waals surface area contributed by atoms with E-state index in [4.69, 9.17) is 5.73 Å². The van der Waals surface area contributed by atoms with Crippen LogP contribution in [0.2, 0.25) is 0 Å². The lowest BCUT2D eigenvalue weighted by Gasteiger charge is -2.31. The van der Waals surface area contributed by atoms with Crippen molar-refractivity contribution in [2.75, 3.05) is 4.90 Å². The number of nitrogens with zero attached hydrogens (tertiary/aromatic N) is 2. The molecular weight excluding hydrogens is 266 g/mol. The van der Waals surface area contributed by atoms with E-state index in [9.17, 15) is 9.59 Å². The fraction of sp³-hybridized carbons (Fsp3) is 0.500. The Kier molecular flexibility index (Phi) is 3.43. The molecule has 2 amide bonds. The van der Waals surface area contributed by atoms with Crippen molar-refractivity contribution in [3.8, 4) is 0 Å². The monoisotopic (exact) mass is 286 g/mol. The maximum Gasteiger partial charge on any atom is 0.240 e. The Morgan fingerprint density at radius 1 is 1.48 bits per heavy atom. The molecule has 0 aromatic carbocycles. The molecule has 2 aliphatic rings. The third kappa shape index (κ3) is 2.30. The number of hydrogen-bond acceptors (Lipinski definition) is 3. The van der Waals surface area contributed by atoms with Gasteiger partial charge in [-0.25, -0.2) is 4.98 Å². The number of rotatable bonds is 2. The maximum absolute atomic E-state index is 12.9. The number of aryl methyl sites for hydroxylation is 1. The van der Waals surface area contributed by atoms with E-state index in [2.05, 4.69) is 11.4 Å². The Morgan fingerprint density at radius 2 is 2.29 bits per heavy atom. The minimum absolute atomic E-state index is 0.00129. The second-order valence-corrected chi connectivity index (χ2v) is 6.16. The van der Waals surface area contributed by atoms with Crippen LogP contribution >= 0.6 is 0 Å². The number of hydrogen-bond donors (Lipinski definition) is 1. The minimum Gasteiger partial charge on any atom is -0.368 e. The van der Waals surface area contributed by atoms with Gasteiger partial charge in [0.1, 0.15) is 11.9 Å². The van der Waals surface area contributed by atoms with E-state index >= 15 is 0 Å². The number of aromatic nitrogens is 1. The second-order valence-electron chi connectivity index (χ2n) is 6.16. The smallest absolute Gasteiger partial charge is 0.240 e. The van der Waals surface area contributed by atoms with Crippen LogP contribution in [0.4, 0.5) is 5.82 Å². The van der Waals surface area contributed by atoms with Gasteiger partial charge >= 0.3 is 0 Å². The molecular formula is C16H20N3O2. The highest BCUT2D eigenvalue weighted by Gasteiger charge is 2.54. The molecule has 21 heavy (non-hydrogen) atoms. The van der Waals surface area contributed by atoms with E-state index in [0.717, 1.165) is 31.2 Å². The summed E-state index contributed by atoms with van der Waals surface area (Å²) in [6.07, 6.45) is 7.97. The van der Waals surface area contributed by atoms with Crippen LogP contribution in [0.15, 0.2) is 18.3 Å². The van der Waals surface area contributed by atoms with Gasteiger partial charge in [-0.05, 0) is 44.2 Å². The molecule has 111 valence electrons. The van der Waals surface area contributed by atoms with Gasteiger partial charge < -0.3 is 5.73 Å². The van der Waals surface area contributed by atoms with Crippen molar-refractivity contribution in [1.29, 1.82) is 0 Å². The third-order valence-corrected chi connectivity index (χ3v) is 4.64. The van der Waals surface area contributed by atoms with Crippen LogP contribution in [0.3, 0.4) is 0 Å². The van der Waals surface area contributed by atoms with Crippen LogP contribution in [0.5, 0.6) is 0 Å². The Bertz CT molecular complexity index is 561. The summed E-state index contributed by atoms with van der Waals surface area (Å²) in [5, 5.41) is 0. The molecule has 0 bridgehead atoms. The normalized spacial score (nSPS) is 24.5. The summed E-state index contributed by atoms with van der Waals surface area (Å²) < 4.78 is 0. The number of pyridine rings is 1. The number of nitrogens with two attached hydrogens (primary N) is 1. The molecule has 5 nitrogen and oxygen atoms in total. The van der Waals surface area contributed by atoms with E-state index in [-0.39, 0.29) is 5.91 Å². The Hall–Kier alpha value is -1.91. The molecule has 2 unspecified atom stereocenters. The molecule has 2 fully saturated rings. The van der Waals surface area contributed by atoms with Crippen LogP contribution in [0, 0.1) is 18.8 Å². The standard InChI is InChI=1S/C16H20N3O2/c1-11-5-6-13(18-10-11)19-12(14(17)20)9-16(15(19)21)7-3-2-4-8-16/h3,5-6,10,12H,2,4,7-9H2,1H3,(H2,17,20). The van der Waals surface area contributed by atoms with Gasteiger partial charge in [0.15, 0.2) is 0 Å². The fourth-order valence-electron chi connectivity index (χ4n) is 3.48. The molecule has 1 aromatic heterocycles. The van der Waals surface area contributed by atoms with E-state index in [1.54, 1.807) is 12.3 Å². The molecule has 1 aromatic rings. The molecule has 2 atom stereocenters. The zero-order valence-electron chi connectivity index (χ0n) is 12.2. The fourth-order valence-corrected chi connectivity index (χ4v) is 3.48. The molecule has 1 spiro atoms. The summed E-state index contributed by atoms with van der Waals surface area (Å²) in [5.41, 5.74) is 6.10. The van der Waals surface area contributed by atoms with Crippen LogP contribution in [-0.2, 0) is 9.59 Å². The highest BCUT2D eigenvalue weighted by atomic mass is 16.2. The van der Waals surface area contributed by atoms with Gasteiger partial charge in [0, 0.05) is 6.20 Å². The van der Waals surface area contributed by atoms with E-state index in [1.165, 1.54) is 4.90 Å². The highest BCUT2D eigenvalue weighted by molar-refractivity contribution is 6.06. The summed E-state index contributed by atoms with van der Waals surface area (Å²) in [4.78, 5) is 30.6. The predicted molar refractivity (Wildman–Crippen MR) is 79.3 cm³/mol. The van der Waals surface area contributed by atoms with E-state index < -0.39 is 17.4 Å². The number of carbonyl (C=O) groups is 2. The number of primary amides is 1. The van der Waals surface area contributed by atoms with Gasteiger partial charge in [-0.1, -0.05) is 18.9 Å². The van der Waals surface area contributed by atoms with Crippen molar-refractivity contribution in [2.45, 2.75) is 45.1 Å². The average molecular weight is 286 g/mol. The predicted octanol–water partition coefficient (Wildman–Crippen LogP) is 1.75. The molecule has 3 rings (SSSR count). The molecule has 5 heteroatoms. The van der Waals surface area contributed by atoms with Gasteiger partial charge in [-0.2, -0.15) is 0 Å². The van der Waals surface area contributed by atoms with Crippen LogP contribution in [-0.4, -0.2) is 22.8 Å². The van der Waals surface area contributed by atoms with E-state index in [0.29, 0.717) is 12.2 Å². The Labute approximate surface area is 124 Å². The lowest BCUT2D eigenvalue weighted by molar-refractivity contribution is -0.126. The molecule has 1 saturated carbocycles. The molecule has 1 aliphatic carbocycles. The average Bonchev–Trinajstić information content (AvgIpc) is 2.75. The number of amides is 2. The lowest BCUT2D eigenvalue weighted by atomic mass is 9.72. The van der Waals surface area contributed by atoms with Crippen LogP contribution < -0.4 is 10.6 Å². The van der Waals surface area contributed by atoms with Gasteiger partial charge in [-0.3, -0.25) is 14.5 Å². The summed E-state index contributed by atoms with van der Waals surface area (Å²) in [7, 11) is 0. The topological polar surface area (TPSA) is 76.3 Å². The lowest BCUT2D eigenvalue weighted by Crippen LogP contribution is -2.43. The molecule has 1 saturated heterocycles. The number of anilines is 1. The molecule has 2 heterocycles. The molecule has 2 N–H and O–H groups in total. The van der Waals surface area contributed by atoms with Crippen LogP contribution in [0.25, 0.3) is 0 Å². The first-order valence-electron chi connectivity index (χ1n) is 7.41. The first-order chi connectivity index (χ1) is 10.0. The highest BCUT2D eigenvalue weighted by Crippen LogP contribution is 2.47. The van der Waals surface area contributed by atoms with Gasteiger partial charge in [0.2, 0.25) is 11.8 Å². The SMILES string of the molecule is Cc1ccc(N2C(=O)C3(C[CH]CCC3)CC2C(N)=O)nc1. The van der Waals surface area contributed by atoms with Crippen LogP contribution in [0.1, 0.15) is 37.7 Å². The molecule has 1 radical (unpaired) electrons. The third-order valence-electron chi connectivity index (χ3n) is 4.64. The Balaban J connectivity index is 1.98. The Morgan fingerprint density at radius 3 is 2.86 bits per heavy atom. The summed E-state index contributed by atoms with van der Waals surface area (Å²) in [6, 6.07) is 3.10. The number of carbonyl (C=O) groups excluding carboxylic acids is 2. The van der Waals surface area contributed by atoms with Crippen molar-refractivity contribution in [2.24, 2.45) is 11.1 Å². The maximum atomic E-state index is 12.9. The van der Waals surface area contributed by atoms with E-state index in [1.807, 2.05) is 13.0 Å². The van der Waals surface area contributed by atoms with Crippen molar-refractivity contribution in [3.05, 3.63) is 30.3 Å².